The lowest BCUT2D eigenvalue weighted by atomic mass is 10.0. The zero-order valence-corrected chi connectivity index (χ0v) is 14.4. The lowest BCUT2D eigenvalue weighted by Crippen LogP contribution is -2.46. The summed E-state index contributed by atoms with van der Waals surface area (Å²) < 4.78 is 39.5. The Kier molecular flexibility index (Phi) is 6.79. The Balaban J connectivity index is 2.17. The monoisotopic (exact) mass is 343 g/mol. The van der Waals surface area contributed by atoms with E-state index in [0.717, 1.165) is 24.4 Å². The molecule has 0 spiro atoms. The number of morpholine rings is 1. The van der Waals surface area contributed by atoms with Gasteiger partial charge < -0.3 is 9.47 Å². The van der Waals surface area contributed by atoms with Crippen molar-refractivity contribution in [1.82, 2.24) is 14.3 Å². The van der Waals surface area contributed by atoms with Crippen molar-refractivity contribution < 1.29 is 17.9 Å². The van der Waals surface area contributed by atoms with E-state index in [9.17, 15) is 8.42 Å². The predicted molar refractivity (Wildman–Crippen MR) is 88.7 cm³/mol. The van der Waals surface area contributed by atoms with Crippen molar-refractivity contribution in [3.8, 4) is 5.75 Å². The van der Waals surface area contributed by atoms with Crippen LogP contribution in [0.1, 0.15) is 18.5 Å². The average molecular weight is 343 g/mol. The van der Waals surface area contributed by atoms with E-state index < -0.39 is 10.2 Å². The molecule has 7 nitrogen and oxygen atoms in total. The molecule has 0 bridgehead atoms. The second-order valence-corrected chi connectivity index (χ2v) is 6.87. The molecule has 0 amide bonds. The minimum absolute atomic E-state index is 0.0672. The maximum atomic E-state index is 11.9. The molecule has 0 aromatic heterocycles. The molecular weight excluding hydrogens is 318 g/mol. The van der Waals surface area contributed by atoms with Crippen LogP contribution in [-0.4, -0.2) is 59.8 Å². The van der Waals surface area contributed by atoms with Gasteiger partial charge in [-0.3, -0.25) is 4.90 Å². The molecular formula is C15H25N3O4S. The number of hydrogen-bond donors (Lipinski definition) is 2. The molecule has 0 aliphatic carbocycles. The predicted octanol–water partition coefficient (Wildman–Crippen LogP) is 0.512. The van der Waals surface area contributed by atoms with Crippen molar-refractivity contribution in [2.24, 2.45) is 0 Å². The molecule has 0 radical (unpaired) electrons. The number of rotatable bonds is 8. The smallest absolute Gasteiger partial charge is 0.276 e. The molecule has 2 rings (SSSR count). The highest BCUT2D eigenvalue weighted by Gasteiger charge is 2.24. The van der Waals surface area contributed by atoms with Gasteiger partial charge in [-0.1, -0.05) is 19.1 Å². The Morgan fingerprint density at radius 3 is 2.70 bits per heavy atom. The first-order chi connectivity index (χ1) is 11.1. The molecule has 2 N–H and O–H groups in total. The highest BCUT2D eigenvalue weighted by atomic mass is 32.2. The molecule has 1 saturated heterocycles. The molecule has 1 aliphatic rings. The summed E-state index contributed by atoms with van der Waals surface area (Å²) in [5.41, 5.74) is 1.02. The van der Waals surface area contributed by atoms with Crippen molar-refractivity contribution in [2.75, 3.05) is 46.5 Å². The first kappa shape index (κ1) is 18.2. The number of hydrogen-bond acceptors (Lipinski definition) is 5. The maximum Gasteiger partial charge on any atom is 0.276 e. The normalized spacial score (nSPS) is 17.8. The van der Waals surface area contributed by atoms with Crippen LogP contribution in [-0.2, 0) is 14.9 Å². The van der Waals surface area contributed by atoms with Gasteiger partial charge in [0.25, 0.3) is 10.2 Å². The van der Waals surface area contributed by atoms with Gasteiger partial charge in [0, 0.05) is 32.2 Å². The van der Waals surface area contributed by atoms with Crippen molar-refractivity contribution in [2.45, 2.75) is 13.0 Å². The summed E-state index contributed by atoms with van der Waals surface area (Å²) in [6, 6.07) is 7.66. The van der Waals surface area contributed by atoms with Crippen LogP contribution >= 0.6 is 0 Å². The largest absolute Gasteiger partial charge is 0.497 e. The van der Waals surface area contributed by atoms with Crippen LogP contribution in [0.15, 0.2) is 24.3 Å². The molecule has 0 saturated carbocycles. The van der Waals surface area contributed by atoms with Gasteiger partial charge in [-0.15, -0.1) is 0 Å². The standard InChI is InChI=1S/C15H25N3O4S/c1-3-16-23(19,20)17-12-15(18-7-9-22-10-8-18)13-5-4-6-14(11-13)21-2/h4-6,11,15-17H,3,7-10,12H2,1-2H3. The summed E-state index contributed by atoms with van der Waals surface area (Å²) in [7, 11) is -1.86. The lowest BCUT2D eigenvalue weighted by Gasteiger charge is -2.35. The summed E-state index contributed by atoms with van der Waals surface area (Å²) in [6.45, 7) is 5.25. The molecule has 23 heavy (non-hydrogen) atoms. The highest BCUT2D eigenvalue weighted by Crippen LogP contribution is 2.24. The van der Waals surface area contributed by atoms with Gasteiger partial charge in [-0.2, -0.15) is 8.42 Å². The van der Waals surface area contributed by atoms with Crippen LogP contribution in [0.2, 0.25) is 0 Å². The first-order valence-corrected chi connectivity index (χ1v) is 9.24. The van der Waals surface area contributed by atoms with Gasteiger partial charge in [0.1, 0.15) is 5.75 Å². The van der Waals surface area contributed by atoms with Gasteiger partial charge in [0.15, 0.2) is 0 Å². The Labute approximate surface area is 138 Å². The molecule has 130 valence electrons. The van der Waals surface area contributed by atoms with Gasteiger partial charge in [0.05, 0.1) is 20.3 Å². The van der Waals surface area contributed by atoms with E-state index in [2.05, 4.69) is 14.3 Å². The minimum atomic E-state index is -3.48. The van der Waals surface area contributed by atoms with Gasteiger partial charge in [0.2, 0.25) is 0 Å². The third-order valence-corrected chi connectivity index (χ3v) is 4.98. The Morgan fingerprint density at radius 2 is 2.04 bits per heavy atom. The van der Waals surface area contributed by atoms with E-state index >= 15 is 0 Å². The quantitative estimate of drug-likeness (QED) is 0.719. The summed E-state index contributed by atoms with van der Waals surface area (Å²) >= 11 is 0. The van der Waals surface area contributed by atoms with Gasteiger partial charge in [-0.25, -0.2) is 9.44 Å². The molecule has 1 atom stereocenters. The Bertz CT molecular complexity index is 588. The number of nitrogens with one attached hydrogen (secondary N) is 2. The average Bonchev–Trinajstić information content (AvgIpc) is 2.56. The number of nitrogens with zero attached hydrogens (tertiary/aromatic N) is 1. The highest BCUT2D eigenvalue weighted by molar-refractivity contribution is 7.87. The second kappa shape index (κ2) is 8.60. The van der Waals surface area contributed by atoms with Crippen LogP contribution < -0.4 is 14.2 Å². The van der Waals surface area contributed by atoms with Crippen LogP contribution in [0, 0.1) is 0 Å². The molecule has 1 fully saturated rings. The molecule has 1 aromatic rings. The zero-order chi connectivity index (χ0) is 16.7. The van der Waals surface area contributed by atoms with E-state index in [1.807, 2.05) is 24.3 Å². The summed E-state index contributed by atoms with van der Waals surface area (Å²) in [4.78, 5) is 2.23. The molecule has 8 heteroatoms. The van der Waals surface area contributed by atoms with Crippen LogP contribution in [0.25, 0.3) is 0 Å². The van der Waals surface area contributed by atoms with Crippen molar-refractivity contribution in [1.29, 1.82) is 0 Å². The van der Waals surface area contributed by atoms with Crippen LogP contribution in [0.5, 0.6) is 5.75 Å². The van der Waals surface area contributed by atoms with E-state index in [0.29, 0.717) is 26.3 Å². The van der Waals surface area contributed by atoms with Crippen LogP contribution in [0.4, 0.5) is 0 Å². The molecule has 1 aromatic carbocycles. The van der Waals surface area contributed by atoms with Crippen LogP contribution in [0.3, 0.4) is 0 Å². The van der Waals surface area contributed by atoms with E-state index in [4.69, 9.17) is 9.47 Å². The van der Waals surface area contributed by atoms with E-state index in [1.54, 1.807) is 14.0 Å². The molecule has 1 heterocycles. The summed E-state index contributed by atoms with van der Waals surface area (Å²) in [5, 5.41) is 0. The minimum Gasteiger partial charge on any atom is -0.497 e. The topological polar surface area (TPSA) is 79.9 Å². The van der Waals surface area contributed by atoms with Crippen molar-refractivity contribution >= 4 is 10.2 Å². The zero-order valence-electron chi connectivity index (χ0n) is 13.6. The fourth-order valence-electron chi connectivity index (χ4n) is 2.63. The summed E-state index contributed by atoms with van der Waals surface area (Å²) in [6.07, 6.45) is 0. The number of ether oxygens (including phenoxy) is 2. The lowest BCUT2D eigenvalue weighted by molar-refractivity contribution is 0.0171. The maximum absolute atomic E-state index is 11.9. The molecule has 1 aliphatic heterocycles. The third-order valence-electron chi connectivity index (χ3n) is 3.77. The van der Waals surface area contributed by atoms with E-state index in [1.165, 1.54) is 0 Å². The van der Waals surface area contributed by atoms with Gasteiger partial charge in [-0.05, 0) is 17.7 Å². The van der Waals surface area contributed by atoms with E-state index in [-0.39, 0.29) is 6.04 Å². The third kappa shape index (κ3) is 5.43. The summed E-state index contributed by atoms with van der Waals surface area (Å²) in [5.74, 6) is 0.760. The number of methoxy groups -OCH3 is 1. The molecule has 1 unspecified atom stereocenters. The fraction of sp³-hybridized carbons (Fsp3) is 0.600. The Morgan fingerprint density at radius 1 is 1.30 bits per heavy atom. The van der Waals surface area contributed by atoms with Gasteiger partial charge >= 0.3 is 0 Å². The number of benzene rings is 1. The Hall–Kier alpha value is -1.19. The van der Waals surface area contributed by atoms with Crippen molar-refractivity contribution in [3.63, 3.8) is 0 Å². The second-order valence-electron chi connectivity index (χ2n) is 5.29. The fourth-order valence-corrected chi connectivity index (χ4v) is 3.48. The van der Waals surface area contributed by atoms with Crippen molar-refractivity contribution in [3.05, 3.63) is 29.8 Å². The SMILES string of the molecule is CCNS(=O)(=O)NCC(c1cccc(OC)c1)N1CCOCC1. The first-order valence-electron chi connectivity index (χ1n) is 7.75.